The Hall–Kier alpha value is -0.160. The Morgan fingerprint density at radius 3 is 2.15 bits per heavy atom. The van der Waals surface area contributed by atoms with Crippen LogP contribution in [0.3, 0.4) is 0 Å². The normalized spacial score (nSPS) is 27.4. The lowest BCUT2D eigenvalue weighted by molar-refractivity contribution is 0.0423. The molecule has 1 aliphatic carbocycles. The first kappa shape index (κ1) is 17.9. The zero-order valence-electron chi connectivity index (χ0n) is 14.0. The predicted octanol–water partition coefficient (Wildman–Crippen LogP) is 1.99. The monoisotopic (exact) mass is 286 g/mol. The summed E-state index contributed by atoms with van der Waals surface area (Å²) in [6, 6.07) is 1.20. The van der Waals surface area contributed by atoms with Crippen LogP contribution in [0.2, 0.25) is 0 Å². The van der Waals surface area contributed by atoms with Gasteiger partial charge in [0.25, 0.3) is 0 Å². The molecule has 4 heteroatoms. The third kappa shape index (κ3) is 5.32. The van der Waals surface area contributed by atoms with E-state index in [1.165, 1.54) is 19.3 Å². The van der Waals surface area contributed by atoms with Gasteiger partial charge in [-0.25, -0.2) is 0 Å². The lowest BCUT2D eigenvalue weighted by Gasteiger charge is -2.43. The van der Waals surface area contributed by atoms with Crippen molar-refractivity contribution < 1.29 is 9.47 Å². The van der Waals surface area contributed by atoms with Crippen LogP contribution in [0.4, 0.5) is 0 Å². The molecule has 120 valence electrons. The summed E-state index contributed by atoms with van der Waals surface area (Å²) in [5.41, 5.74) is 0. The molecule has 1 N–H and O–H groups in total. The van der Waals surface area contributed by atoms with E-state index in [0.717, 1.165) is 38.1 Å². The fraction of sp³-hybridized carbons (Fsp3) is 1.00. The highest BCUT2D eigenvalue weighted by Gasteiger charge is 2.34. The van der Waals surface area contributed by atoms with Crippen molar-refractivity contribution in [2.24, 2.45) is 11.8 Å². The van der Waals surface area contributed by atoms with Crippen molar-refractivity contribution in [1.29, 1.82) is 0 Å². The van der Waals surface area contributed by atoms with Crippen molar-refractivity contribution in [2.45, 2.75) is 45.2 Å². The average molecular weight is 286 g/mol. The Morgan fingerprint density at radius 1 is 1.10 bits per heavy atom. The SMILES string of the molecule is CNC1CCC(C(C)C)CC1N(CCOC)CCOC. The van der Waals surface area contributed by atoms with Crippen LogP contribution in [0.25, 0.3) is 0 Å². The van der Waals surface area contributed by atoms with Crippen LogP contribution in [0.5, 0.6) is 0 Å². The highest BCUT2D eigenvalue weighted by molar-refractivity contribution is 4.91. The average Bonchev–Trinajstić information content (AvgIpc) is 2.46. The topological polar surface area (TPSA) is 33.7 Å². The van der Waals surface area contributed by atoms with Gasteiger partial charge in [0.1, 0.15) is 0 Å². The van der Waals surface area contributed by atoms with E-state index in [-0.39, 0.29) is 0 Å². The number of hydrogen-bond acceptors (Lipinski definition) is 4. The van der Waals surface area contributed by atoms with Gasteiger partial charge >= 0.3 is 0 Å². The van der Waals surface area contributed by atoms with Crippen molar-refractivity contribution in [3.05, 3.63) is 0 Å². The molecule has 4 nitrogen and oxygen atoms in total. The molecule has 0 amide bonds. The molecule has 0 aromatic heterocycles. The second-order valence-electron chi connectivity index (χ2n) is 6.30. The van der Waals surface area contributed by atoms with Crippen molar-refractivity contribution >= 4 is 0 Å². The third-order valence-corrected chi connectivity index (χ3v) is 4.81. The molecule has 1 fully saturated rings. The van der Waals surface area contributed by atoms with Gasteiger partial charge in [-0.1, -0.05) is 13.8 Å². The van der Waals surface area contributed by atoms with Crippen LogP contribution < -0.4 is 5.32 Å². The molecule has 0 aliphatic heterocycles. The van der Waals surface area contributed by atoms with E-state index < -0.39 is 0 Å². The standard InChI is InChI=1S/C16H34N2O2/c1-13(2)14-6-7-15(17-3)16(12-14)18(8-10-19-4)9-11-20-5/h13-17H,6-12H2,1-5H3. The van der Waals surface area contributed by atoms with Crippen molar-refractivity contribution in [1.82, 2.24) is 10.2 Å². The zero-order valence-corrected chi connectivity index (χ0v) is 14.0. The van der Waals surface area contributed by atoms with Crippen LogP contribution in [0, 0.1) is 11.8 Å². The minimum Gasteiger partial charge on any atom is -0.383 e. The summed E-state index contributed by atoms with van der Waals surface area (Å²) in [5, 5.41) is 3.52. The fourth-order valence-corrected chi connectivity index (χ4v) is 3.38. The Kier molecular flexibility index (Phi) is 8.69. The number of hydrogen-bond donors (Lipinski definition) is 1. The largest absolute Gasteiger partial charge is 0.383 e. The molecule has 0 saturated heterocycles. The molecular weight excluding hydrogens is 252 g/mol. The second kappa shape index (κ2) is 9.72. The van der Waals surface area contributed by atoms with Gasteiger partial charge < -0.3 is 14.8 Å². The van der Waals surface area contributed by atoms with Gasteiger partial charge in [-0.3, -0.25) is 4.90 Å². The molecule has 3 atom stereocenters. The molecule has 0 aromatic rings. The number of nitrogens with one attached hydrogen (secondary N) is 1. The Morgan fingerprint density at radius 2 is 1.70 bits per heavy atom. The maximum atomic E-state index is 5.28. The highest BCUT2D eigenvalue weighted by atomic mass is 16.5. The van der Waals surface area contributed by atoms with Crippen molar-refractivity contribution in [3.63, 3.8) is 0 Å². The third-order valence-electron chi connectivity index (χ3n) is 4.81. The molecule has 1 rings (SSSR count). The van der Waals surface area contributed by atoms with Crippen molar-refractivity contribution in [3.8, 4) is 0 Å². The van der Waals surface area contributed by atoms with Crippen LogP contribution in [0.15, 0.2) is 0 Å². The molecule has 0 aromatic carbocycles. The highest BCUT2D eigenvalue weighted by Crippen LogP contribution is 2.32. The van der Waals surface area contributed by atoms with E-state index in [4.69, 9.17) is 9.47 Å². The number of rotatable bonds is 9. The first-order chi connectivity index (χ1) is 9.63. The Labute approximate surface area is 125 Å². The molecule has 0 radical (unpaired) electrons. The molecule has 0 bridgehead atoms. The smallest absolute Gasteiger partial charge is 0.0589 e. The Balaban J connectivity index is 2.69. The molecule has 1 aliphatic rings. The minimum absolute atomic E-state index is 0.596. The summed E-state index contributed by atoms with van der Waals surface area (Å²) < 4.78 is 10.6. The van der Waals surface area contributed by atoms with Crippen LogP contribution in [-0.2, 0) is 9.47 Å². The summed E-state index contributed by atoms with van der Waals surface area (Å²) in [4.78, 5) is 2.56. The van der Waals surface area contributed by atoms with Gasteiger partial charge in [0.05, 0.1) is 13.2 Å². The van der Waals surface area contributed by atoms with Crippen LogP contribution in [0.1, 0.15) is 33.1 Å². The zero-order chi connectivity index (χ0) is 15.0. The van der Waals surface area contributed by atoms with Gasteiger partial charge in [0.15, 0.2) is 0 Å². The molecule has 3 unspecified atom stereocenters. The molecule has 20 heavy (non-hydrogen) atoms. The van der Waals surface area contributed by atoms with Gasteiger partial charge in [0.2, 0.25) is 0 Å². The number of ether oxygens (including phenoxy) is 2. The minimum atomic E-state index is 0.596. The summed E-state index contributed by atoms with van der Waals surface area (Å²) in [5.74, 6) is 1.62. The fourth-order valence-electron chi connectivity index (χ4n) is 3.38. The van der Waals surface area contributed by atoms with E-state index in [1.54, 1.807) is 14.2 Å². The van der Waals surface area contributed by atoms with Crippen LogP contribution >= 0.6 is 0 Å². The summed E-state index contributed by atoms with van der Waals surface area (Å²) in [6.45, 7) is 8.29. The molecule has 0 spiro atoms. The van der Waals surface area contributed by atoms with Crippen LogP contribution in [-0.4, -0.2) is 64.6 Å². The lowest BCUT2D eigenvalue weighted by atomic mass is 9.76. The maximum Gasteiger partial charge on any atom is 0.0589 e. The number of nitrogens with zero attached hydrogens (tertiary/aromatic N) is 1. The van der Waals surface area contributed by atoms with Gasteiger partial charge in [-0.15, -0.1) is 0 Å². The molecular formula is C16H34N2O2. The number of likely N-dealkylation sites (N-methyl/N-ethyl adjacent to an activating group) is 1. The van der Waals surface area contributed by atoms with Gasteiger partial charge in [-0.2, -0.15) is 0 Å². The first-order valence-corrected chi connectivity index (χ1v) is 8.03. The summed E-state index contributed by atoms with van der Waals surface area (Å²) in [6.07, 6.45) is 3.92. The van der Waals surface area contributed by atoms with E-state index in [9.17, 15) is 0 Å². The van der Waals surface area contributed by atoms with Gasteiger partial charge in [0, 0.05) is 39.4 Å². The van der Waals surface area contributed by atoms with E-state index in [1.807, 2.05) is 0 Å². The van der Waals surface area contributed by atoms with Gasteiger partial charge in [-0.05, 0) is 38.1 Å². The first-order valence-electron chi connectivity index (χ1n) is 8.03. The summed E-state index contributed by atoms with van der Waals surface area (Å²) >= 11 is 0. The number of methoxy groups -OCH3 is 2. The van der Waals surface area contributed by atoms with E-state index in [2.05, 4.69) is 31.1 Å². The summed E-state index contributed by atoms with van der Waals surface area (Å²) in [7, 11) is 5.65. The quantitative estimate of drug-likeness (QED) is 0.703. The molecule has 1 saturated carbocycles. The second-order valence-corrected chi connectivity index (χ2v) is 6.30. The van der Waals surface area contributed by atoms with E-state index in [0.29, 0.717) is 12.1 Å². The maximum absolute atomic E-state index is 5.28. The Bertz CT molecular complexity index is 241. The van der Waals surface area contributed by atoms with Crippen molar-refractivity contribution in [2.75, 3.05) is 47.6 Å². The molecule has 0 heterocycles. The van der Waals surface area contributed by atoms with E-state index >= 15 is 0 Å². The predicted molar refractivity (Wildman–Crippen MR) is 84.1 cm³/mol. The lowest BCUT2D eigenvalue weighted by Crippen LogP contribution is -2.54.